The molecule has 0 aliphatic carbocycles. The van der Waals surface area contributed by atoms with Crippen LogP contribution in [-0.2, 0) is 11.4 Å². The Bertz CT molecular complexity index is 1430. The number of non-ortho nitro benzene ring substituents is 1. The molecule has 11 heteroatoms. The van der Waals surface area contributed by atoms with Crippen LogP contribution < -0.4 is 9.47 Å². The fourth-order valence-electron chi connectivity index (χ4n) is 3.59. The van der Waals surface area contributed by atoms with Gasteiger partial charge in [-0.1, -0.05) is 30.3 Å². The Morgan fingerprint density at radius 1 is 1.08 bits per heavy atom. The molecule has 38 heavy (non-hydrogen) atoms. The summed E-state index contributed by atoms with van der Waals surface area (Å²) in [5.74, 6) is -0.0423. The maximum absolute atomic E-state index is 12.9. The Kier molecular flexibility index (Phi) is 8.59. The van der Waals surface area contributed by atoms with Crippen molar-refractivity contribution in [3.63, 3.8) is 0 Å². The van der Waals surface area contributed by atoms with Crippen molar-refractivity contribution in [2.24, 2.45) is 0 Å². The standard InChI is InChI=1S/C27H21BrN2O7S/c1-2-36-23-13-18(12-21(28)25(23)37-16-17-8-10-20(11-9-17)30(34)35)14-24-26(32)29(27(33)38-24)15-22(31)19-6-4-3-5-7-19/h3-14H,2,15-16H2,1H3/b24-14+. The molecule has 0 bridgehead atoms. The lowest BCUT2D eigenvalue weighted by molar-refractivity contribution is -0.384. The van der Waals surface area contributed by atoms with E-state index >= 15 is 0 Å². The summed E-state index contributed by atoms with van der Waals surface area (Å²) in [6.45, 7) is 1.97. The molecule has 194 valence electrons. The number of nitro groups is 1. The number of imide groups is 1. The maximum Gasteiger partial charge on any atom is 0.293 e. The van der Waals surface area contributed by atoms with Gasteiger partial charge in [-0.25, -0.2) is 0 Å². The SMILES string of the molecule is CCOc1cc(/C=C2/SC(=O)N(CC(=O)c3ccccc3)C2=O)cc(Br)c1OCc1ccc([N+](=O)[O-])cc1. The van der Waals surface area contributed by atoms with Crippen LogP contribution >= 0.6 is 27.7 Å². The van der Waals surface area contributed by atoms with Gasteiger partial charge < -0.3 is 9.47 Å². The van der Waals surface area contributed by atoms with E-state index in [0.29, 0.717) is 33.7 Å². The number of ketones is 1. The Balaban J connectivity index is 1.51. The summed E-state index contributed by atoms with van der Waals surface area (Å²) in [5, 5.41) is 10.3. The molecule has 1 aliphatic rings. The maximum atomic E-state index is 12.9. The molecule has 3 aromatic carbocycles. The van der Waals surface area contributed by atoms with Crippen molar-refractivity contribution < 1.29 is 28.8 Å². The lowest BCUT2D eigenvalue weighted by Crippen LogP contribution is -2.33. The molecule has 0 unspecified atom stereocenters. The molecule has 0 saturated carbocycles. The fourth-order valence-corrected chi connectivity index (χ4v) is 5.00. The quantitative estimate of drug-likeness (QED) is 0.117. The number of halogens is 1. The zero-order valence-corrected chi connectivity index (χ0v) is 22.5. The number of carbonyl (C=O) groups is 3. The third-order valence-corrected chi connectivity index (χ3v) is 6.93. The lowest BCUT2D eigenvalue weighted by atomic mass is 10.1. The highest BCUT2D eigenvalue weighted by molar-refractivity contribution is 9.10. The van der Waals surface area contributed by atoms with E-state index < -0.39 is 16.1 Å². The van der Waals surface area contributed by atoms with E-state index in [4.69, 9.17) is 9.47 Å². The molecule has 0 aromatic heterocycles. The van der Waals surface area contributed by atoms with Crippen LogP contribution in [0.4, 0.5) is 10.5 Å². The average Bonchev–Trinajstić information content (AvgIpc) is 3.16. The van der Waals surface area contributed by atoms with E-state index in [1.54, 1.807) is 60.7 Å². The number of thioether (sulfide) groups is 1. The fraction of sp³-hybridized carbons (Fsp3) is 0.148. The van der Waals surface area contributed by atoms with Gasteiger partial charge >= 0.3 is 0 Å². The van der Waals surface area contributed by atoms with Gasteiger partial charge in [0.1, 0.15) is 6.61 Å². The van der Waals surface area contributed by atoms with E-state index in [2.05, 4.69) is 15.9 Å². The van der Waals surface area contributed by atoms with Crippen molar-refractivity contribution in [2.75, 3.05) is 13.2 Å². The Labute approximate surface area is 230 Å². The number of Topliss-reactive ketones (excluding diaryl/α,β-unsaturated/α-hetero) is 1. The molecule has 0 spiro atoms. The molecule has 1 aliphatic heterocycles. The molecule has 0 N–H and O–H groups in total. The summed E-state index contributed by atoms with van der Waals surface area (Å²) >= 11 is 4.25. The second kappa shape index (κ2) is 12.1. The van der Waals surface area contributed by atoms with Crippen molar-refractivity contribution in [2.45, 2.75) is 13.5 Å². The van der Waals surface area contributed by atoms with Crippen LogP contribution in [0.3, 0.4) is 0 Å². The predicted octanol–water partition coefficient (Wildman–Crippen LogP) is 6.25. The largest absolute Gasteiger partial charge is 0.490 e. The summed E-state index contributed by atoms with van der Waals surface area (Å²) in [5.41, 5.74) is 1.73. The van der Waals surface area contributed by atoms with Gasteiger partial charge in [0.15, 0.2) is 17.3 Å². The first-order valence-corrected chi connectivity index (χ1v) is 13.0. The summed E-state index contributed by atoms with van der Waals surface area (Å²) < 4.78 is 12.2. The Hall–Kier alpha value is -3.96. The van der Waals surface area contributed by atoms with Gasteiger partial charge in [0.2, 0.25) is 0 Å². The molecule has 0 radical (unpaired) electrons. The van der Waals surface area contributed by atoms with E-state index in [0.717, 1.165) is 22.2 Å². The minimum Gasteiger partial charge on any atom is -0.490 e. The molecule has 9 nitrogen and oxygen atoms in total. The highest BCUT2D eigenvalue weighted by Crippen LogP contribution is 2.40. The first-order chi connectivity index (χ1) is 18.3. The lowest BCUT2D eigenvalue weighted by Gasteiger charge is -2.15. The number of hydrogen-bond acceptors (Lipinski definition) is 8. The summed E-state index contributed by atoms with van der Waals surface area (Å²) in [7, 11) is 0. The van der Waals surface area contributed by atoms with Crippen molar-refractivity contribution in [3.05, 3.63) is 103 Å². The van der Waals surface area contributed by atoms with Gasteiger partial charge in [-0.15, -0.1) is 0 Å². The van der Waals surface area contributed by atoms with Gasteiger partial charge in [-0.3, -0.25) is 29.4 Å². The molecule has 1 fully saturated rings. The number of amides is 2. The topological polar surface area (TPSA) is 116 Å². The third kappa shape index (κ3) is 6.29. The van der Waals surface area contributed by atoms with E-state index in [1.165, 1.54) is 12.1 Å². The van der Waals surface area contributed by atoms with E-state index in [9.17, 15) is 24.5 Å². The summed E-state index contributed by atoms with van der Waals surface area (Å²) in [4.78, 5) is 49.5. The van der Waals surface area contributed by atoms with Gasteiger partial charge in [0.05, 0.1) is 27.5 Å². The summed E-state index contributed by atoms with van der Waals surface area (Å²) in [6, 6.07) is 17.9. The highest BCUT2D eigenvalue weighted by atomic mass is 79.9. The minimum absolute atomic E-state index is 0.0110. The van der Waals surface area contributed by atoms with E-state index in [1.807, 2.05) is 6.92 Å². The van der Waals surface area contributed by atoms with Gasteiger partial charge in [0.25, 0.3) is 16.8 Å². The van der Waals surface area contributed by atoms with Crippen LogP contribution in [0.5, 0.6) is 11.5 Å². The highest BCUT2D eigenvalue weighted by Gasteiger charge is 2.36. The van der Waals surface area contributed by atoms with Crippen molar-refractivity contribution >= 4 is 56.4 Å². The Morgan fingerprint density at radius 2 is 1.79 bits per heavy atom. The summed E-state index contributed by atoms with van der Waals surface area (Å²) in [6.07, 6.45) is 1.56. The number of nitrogens with zero attached hydrogens (tertiary/aromatic N) is 2. The first-order valence-electron chi connectivity index (χ1n) is 11.4. The monoisotopic (exact) mass is 596 g/mol. The van der Waals surface area contributed by atoms with Gasteiger partial charge in [-0.05, 0) is 76.1 Å². The first kappa shape index (κ1) is 27.1. The number of benzene rings is 3. The smallest absolute Gasteiger partial charge is 0.293 e. The van der Waals surface area contributed by atoms with Gasteiger partial charge in [0, 0.05) is 17.7 Å². The zero-order chi connectivity index (χ0) is 27.2. The van der Waals surface area contributed by atoms with Crippen molar-refractivity contribution in [1.82, 2.24) is 4.90 Å². The number of nitro benzene ring substituents is 1. The van der Waals surface area contributed by atoms with Crippen LogP contribution in [-0.4, -0.2) is 39.9 Å². The number of hydrogen-bond donors (Lipinski definition) is 0. The van der Waals surface area contributed by atoms with Crippen molar-refractivity contribution in [3.8, 4) is 11.5 Å². The van der Waals surface area contributed by atoms with Crippen LogP contribution in [0, 0.1) is 10.1 Å². The average molecular weight is 597 g/mol. The van der Waals surface area contributed by atoms with E-state index in [-0.39, 0.29) is 29.5 Å². The minimum atomic E-state index is -0.545. The Morgan fingerprint density at radius 3 is 2.45 bits per heavy atom. The molecule has 3 aromatic rings. The zero-order valence-electron chi connectivity index (χ0n) is 20.1. The third-order valence-electron chi connectivity index (χ3n) is 5.43. The number of rotatable bonds is 10. The van der Waals surface area contributed by atoms with Crippen LogP contribution in [0.25, 0.3) is 6.08 Å². The number of ether oxygens (including phenoxy) is 2. The van der Waals surface area contributed by atoms with Gasteiger partial charge in [-0.2, -0.15) is 0 Å². The van der Waals surface area contributed by atoms with Crippen LogP contribution in [0.1, 0.15) is 28.4 Å². The normalized spacial score (nSPS) is 14.2. The molecule has 1 heterocycles. The van der Waals surface area contributed by atoms with Crippen LogP contribution in [0.2, 0.25) is 0 Å². The molecule has 4 rings (SSSR count). The van der Waals surface area contributed by atoms with Crippen molar-refractivity contribution in [1.29, 1.82) is 0 Å². The second-order valence-corrected chi connectivity index (χ2v) is 9.88. The number of carbonyl (C=O) groups excluding carboxylic acids is 3. The molecular weight excluding hydrogens is 576 g/mol. The predicted molar refractivity (Wildman–Crippen MR) is 146 cm³/mol. The molecule has 0 atom stereocenters. The molecule has 2 amide bonds. The molecular formula is C27H21BrN2O7S. The van der Waals surface area contributed by atoms with Crippen LogP contribution in [0.15, 0.2) is 76.1 Å². The molecule has 1 saturated heterocycles. The second-order valence-electron chi connectivity index (χ2n) is 8.03.